The lowest BCUT2D eigenvalue weighted by atomic mass is 10.2. The van der Waals surface area contributed by atoms with Gasteiger partial charge < -0.3 is 15.1 Å². The Labute approximate surface area is 101 Å². The summed E-state index contributed by atoms with van der Waals surface area (Å²) in [5.74, 6) is -1.05. The van der Waals surface area contributed by atoms with Crippen LogP contribution in [0.1, 0.15) is 5.56 Å². The number of benzene rings is 1. The van der Waals surface area contributed by atoms with Crippen molar-refractivity contribution < 1.29 is 19.8 Å². The Morgan fingerprint density at radius 3 is 2.44 bits per heavy atom. The lowest BCUT2D eigenvalue weighted by Crippen LogP contribution is -2.10. The molecular formula is C9H7Cl2NO4. The Bertz CT molecular complexity index is 411. The van der Waals surface area contributed by atoms with Gasteiger partial charge in [-0.05, 0) is 17.7 Å². The van der Waals surface area contributed by atoms with Crippen LogP contribution in [0.3, 0.4) is 0 Å². The molecule has 2 N–H and O–H groups in total. The molecule has 1 aromatic rings. The largest absolute Gasteiger partial charge is 0.479 e. The van der Waals surface area contributed by atoms with Crippen LogP contribution in [-0.4, -0.2) is 29.1 Å². The smallest absolute Gasteiger partial charge is 0.341 e. The minimum absolute atomic E-state index is 0.0841. The van der Waals surface area contributed by atoms with E-state index >= 15 is 0 Å². The first-order valence-corrected chi connectivity index (χ1v) is 4.81. The van der Waals surface area contributed by atoms with E-state index in [-0.39, 0.29) is 15.8 Å². The van der Waals surface area contributed by atoms with E-state index in [0.29, 0.717) is 5.56 Å². The molecule has 0 aliphatic rings. The number of hydrogen-bond donors (Lipinski definition) is 2. The third-order valence-electron chi connectivity index (χ3n) is 1.57. The minimum atomic E-state index is -1.13. The SMILES string of the molecule is O=C(O)COc1c(Cl)cc(/C=N\O)cc1Cl. The average molecular weight is 264 g/mol. The van der Waals surface area contributed by atoms with Crippen LogP contribution in [0.25, 0.3) is 0 Å². The first-order chi connectivity index (χ1) is 7.54. The number of carboxylic acid groups (broad SMARTS) is 1. The van der Waals surface area contributed by atoms with Crippen molar-refractivity contribution in [1.29, 1.82) is 0 Å². The number of oxime groups is 1. The zero-order chi connectivity index (χ0) is 12.1. The van der Waals surface area contributed by atoms with E-state index in [4.69, 9.17) is 38.3 Å². The number of carboxylic acids is 1. The van der Waals surface area contributed by atoms with Gasteiger partial charge in [0.05, 0.1) is 16.3 Å². The van der Waals surface area contributed by atoms with E-state index < -0.39 is 12.6 Å². The van der Waals surface area contributed by atoms with Crippen molar-refractivity contribution in [3.63, 3.8) is 0 Å². The van der Waals surface area contributed by atoms with Gasteiger partial charge in [-0.1, -0.05) is 28.4 Å². The van der Waals surface area contributed by atoms with Gasteiger partial charge in [0.15, 0.2) is 12.4 Å². The molecule has 0 saturated carbocycles. The summed E-state index contributed by atoms with van der Waals surface area (Å²) in [7, 11) is 0. The molecule has 0 saturated heterocycles. The second-order valence-electron chi connectivity index (χ2n) is 2.74. The highest BCUT2D eigenvalue weighted by Gasteiger charge is 2.10. The van der Waals surface area contributed by atoms with Gasteiger partial charge in [-0.15, -0.1) is 0 Å². The molecule has 0 aliphatic carbocycles. The quantitative estimate of drug-likeness (QED) is 0.496. The average Bonchev–Trinajstić information content (AvgIpc) is 2.16. The number of hydrogen-bond acceptors (Lipinski definition) is 4. The topological polar surface area (TPSA) is 79.1 Å². The summed E-state index contributed by atoms with van der Waals surface area (Å²) in [4.78, 5) is 10.3. The van der Waals surface area contributed by atoms with E-state index in [1.165, 1.54) is 12.1 Å². The lowest BCUT2D eigenvalue weighted by Gasteiger charge is -2.08. The van der Waals surface area contributed by atoms with Crippen LogP contribution in [0.2, 0.25) is 10.0 Å². The number of ether oxygens (including phenoxy) is 1. The van der Waals surface area contributed by atoms with E-state index in [2.05, 4.69) is 5.16 Å². The summed E-state index contributed by atoms with van der Waals surface area (Å²) in [5.41, 5.74) is 0.472. The second-order valence-corrected chi connectivity index (χ2v) is 3.56. The van der Waals surface area contributed by atoms with Crippen molar-refractivity contribution in [3.05, 3.63) is 27.7 Å². The van der Waals surface area contributed by atoms with E-state index in [1.807, 2.05) is 0 Å². The number of rotatable bonds is 4. The normalized spacial score (nSPS) is 10.6. The predicted molar refractivity (Wildman–Crippen MR) is 59.0 cm³/mol. The highest BCUT2D eigenvalue weighted by atomic mass is 35.5. The molecule has 0 fully saturated rings. The molecule has 7 heteroatoms. The van der Waals surface area contributed by atoms with Gasteiger partial charge in [-0.3, -0.25) is 0 Å². The highest BCUT2D eigenvalue weighted by molar-refractivity contribution is 6.37. The molecule has 0 bridgehead atoms. The predicted octanol–water partition coefficient (Wildman–Crippen LogP) is 2.26. The van der Waals surface area contributed by atoms with Gasteiger partial charge in [0.1, 0.15) is 0 Å². The van der Waals surface area contributed by atoms with Crippen LogP contribution in [0.15, 0.2) is 17.3 Å². The molecule has 0 radical (unpaired) electrons. The van der Waals surface area contributed by atoms with Crippen LogP contribution in [0, 0.1) is 0 Å². The van der Waals surface area contributed by atoms with Gasteiger partial charge in [-0.2, -0.15) is 0 Å². The molecule has 0 spiro atoms. The molecule has 0 aromatic heterocycles. The van der Waals surface area contributed by atoms with Crippen LogP contribution in [0.4, 0.5) is 0 Å². The monoisotopic (exact) mass is 263 g/mol. The Kier molecular flexibility index (Phi) is 4.39. The summed E-state index contributed by atoms with van der Waals surface area (Å²) in [6.45, 7) is -0.535. The molecule has 5 nitrogen and oxygen atoms in total. The maximum atomic E-state index is 10.3. The molecule has 86 valence electrons. The van der Waals surface area contributed by atoms with Crippen molar-refractivity contribution in [2.45, 2.75) is 0 Å². The first kappa shape index (κ1) is 12.6. The van der Waals surface area contributed by atoms with Crippen molar-refractivity contribution >= 4 is 35.4 Å². The summed E-state index contributed by atoms with van der Waals surface area (Å²) < 4.78 is 4.89. The van der Waals surface area contributed by atoms with E-state index in [0.717, 1.165) is 6.21 Å². The van der Waals surface area contributed by atoms with Gasteiger partial charge in [-0.25, -0.2) is 4.79 Å². The van der Waals surface area contributed by atoms with Crippen LogP contribution in [0.5, 0.6) is 5.75 Å². The van der Waals surface area contributed by atoms with Gasteiger partial charge in [0.25, 0.3) is 0 Å². The maximum Gasteiger partial charge on any atom is 0.341 e. The zero-order valence-electron chi connectivity index (χ0n) is 7.85. The number of aliphatic carboxylic acids is 1. The first-order valence-electron chi connectivity index (χ1n) is 4.05. The van der Waals surface area contributed by atoms with Crippen molar-refractivity contribution in [2.75, 3.05) is 6.61 Å². The minimum Gasteiger partial charge on any atom is -0.479 e. The molecule has 1 aromatic carbocycles. The Balaban J connectivity index is 2.98. The fraction of sp³-hybridized carbons (Fsp3) is 0.111. The van der Waals surface area contributed by atoms with E-state index in [1.54, 1.807) is 0 Å². The second kappa shape index (κ2) is 5.58. The molecule has 0 unspecified atom stereocenters. The van der Waals surface area contributed by atoms with Crippen molar-refractivity contribution in [3.8, 4) is 5.75 Å². The van der Waals surface area contributed by atoms with Crippen molar-refractivity contribution in [1.82, 2.24) is 0 Å². The maximum absolute atomic E-state index is 10.3. The Morgan fingerprint density at radius 2 is 2.00 bits per heavy atom. The standard InChI is InChI=1S/C9H7Cl2NO4/c10-6-1-5(3-12-15)2-7(11)9(6)16-4-8(13)14/h1-3,15H,4H2,(H,13,14)/b12-3-. The molecule has 0 heterocycles. The van der Waals surface area contributed by atoms with Crippen LogP contribution >= 0.6 is 23.2 Å². The summed E-state index contributed by atoms with van der Waals surface area (Å²) in [6.07, 6.45) is 1.14. The molecule has 1 rings (SSSR count). The third-order valence-corrected chi connectivity index (χ3v) is 2.13. The Hall–Kier alpha value is -1.46. The zero-order valence-corrected chi connectivity index (χ0v) is 9.37. The number of carbonyl (C=O) groups is 1. The Morgan fingerprint density at radius 1 is 1.44 bits per heavy atom. The number of nitrogens with zero attached hydrogens (tertiary/aromatic N) is 1. The lowest BCUT2D eigenvalue weighted by molar-refractivity contribution is -0.139. The van der Waals surface area contributed by atoms with Crippen molar-refractivity contribution in [2.24, 2.45) is 5.16 Å². The summed E-state index contributed by atoms with van der Waals surface area (Å²) in [5, 5.41) is 19.9. The van der Waals surface area contributed by atoms with Gasteiger partial charge in [0, 0.05) is 0 Å². The summed E-state index contributed by atoms with van der Waals surface area (Å²) in [6, 6.07) is 2.87. The molecule has 0 aliphatic heterocycles. The summed E-state index contributed by atoms with van der Waals surface area (Å²) >= 11 is 11.6. The highest BCUT2D eigenvalue weighted by Crippen LogP contribution is 2.33. The van der Waals surface area contributed by atoms with E-state index in [9.17, 15) is 4.79 Å². The third kappa shape index (κ3) is 3.29. The van der Waals surface area contributed by atoms with Crippen LogP contribution < -0.4 is 4.74 Å². The van der Waals surface area contributed by atoms with Crippen LogP contribution in [-0.2, 0) is 4.79 Å². The molecule has 16 heavy (non-hydrogen) atoms. The molecule has 0 amide bonds. The molecule has 0 atom stereocenters. The van der Waals surface area contributed by atoms with Gasteiger partial charge in [0.2, 0.25) is 0 Å². The molecular weight excluding hydrogens is 257 g/mol. The fourth-order valence-electron chi connectivity index (χ4n) is 0.992. The fourth-order valence-corrected chi connectivity index (χ4v) is 1.61. The number of halogens is 2. The van der Waals surface area contributed by atoms with Gasteiger partial charge >= 0.3 is 5.97 Å².